The molecule has 128 valence electrons. The Morgan fingerprint density at radius 1 is 1.13 bits per heavy atom. The maximum atomic E-state index is 11.4. The predicted molar refractivity (Wildman–Crippen MR) is 99.3 cm³/mol. The van der Waals surface area contributed by atoms with Crippen LogP contribution in [-0.4, -0.2) is 11.9 Å². The molecule has 1 amide bonds. The number of amides is 1. The lowest BCUT2D eigenvalue weighted by Gasteiger charge is -2.14. The van der Waals surface area contributed by atoms with Crippen molar-refractivity contribution in [3.63, 3.8) is 0 Å². The molecular weight excluding hydrogens is 284 g/mol. The number of nitrogen functional groups attached to an aromatic ring is 1. The van der Waals surface area contributed by atoms with Gasteiger partial charge >= 0.3 is 0 Å². The second kappa shape index (κ2) is 11.8. The predicted octanol–water partition coefficient (Wildman–Crippen LogP) is 4.62. The molecule has 3 heteroatoms. The molecule has 1 aromatic rings. The highest BCUT2D eigenvalue weighted by atomic mass is 16.1. The number of rotatable bonds is 4. The number of nitrogens with two attached hydrogens (primary N) is 1. The monoisotopic (exact) mass is 316 g/mol. The largest absolute Gasteiger partial charge is 0.399 e. The molecule has 3 nitrogen and oxygen atoms in total. The number of anilines is 1. The highest BCUT2D eigenvalue weighted by molar-refractivity contribution is 5.87. The Labute approximate surface area is 141 Å². The van der Waals surface area contributed by atoms with E-state index >= 15 is 0 Å². The smallest absolute Gasteiger partial charge is 0.243 e. The first kappa shape index (κ1) is 19.3. The minimum atomic E-state index is 0.0822. The van der Waals surface area contributed by atoms with E-state index in [0.29, 0.717) is 6.04 Å². The number of allylic oxidation sites excluding steroid dienone is 1. The molecule has 1 saturated carbocycles. The SMILES string of the molecule is CC/C=C/C(=O)NC1CCCCCC1.CCc1ccc(N)cc1. The van der Waals surface area contributed by atoms with E-state index in [9.17, 15) is 4.79 Å². The van der Waals surface area contributed by atoms with Gasteiger partial charge in [0.05, 0.1) is 0 Å². The number of nitrogens with one attached hydrogen (secondary N) is 1. The number of hydrogen-bond acceptors (Lipinski definition) is 2. The van der Waals surface area contributed by atoms with Gasteiger partial charge in [0.1, 0.15) is 0 Å². The topological polar surface area (TPSA) is 55.1 Å². The van der Waals surface area contributed by atoms with Crippen LogP contribution in [0, 0.1) is 0 Å². The van der Waals surface area contributed by atoms with Gasteiger partial charge in [0.25, 0.3) is 0 Å². The molecule has 1 aliphatic carbocycles. The second-order valence-electron chi connectivity index (χ2n) is 6.10. The van der Waals surface area contributed by atoms with E-state index in [-0.39, 0.29) is 5.91 Å². The third-order valence-corrected chi connectivity index (χ3v) is 4.09. The molecule has 0 aromatic heterocycles. The lowest BCUT2D eigenvalue weighted by molar-refractivity contribution is -0.117. The second-order valence-corrected chi connectivity index (χ2v) is 6.10. The Hall–Kier alpha value is -1.77. The Morgan fingerprint density at radius 2 is 1.74 bits per heavy atom. The molecule has 0 radical (unpaired) electrons. The number of carbonyl (C=O) groups excluding carboxylic acids is 1. The van der Waals surface area contributed by atoms with Crippen LogP contribution < -0.4 is 11.1 Å². The van der Waals surface area contributed by atoms with Gasteiger partial charge in [-0.15, -0.1) is 0 Å². The van der Waals surface area contributed by atoms with E-state index in [1.165, 1.54) is 31.2 Å². The Kier molecular flexibility index (Phi) is 9.85. The van der Waals surface area contributed by atoms with E-state index in [4.69, 9.17) is 5.73 Å². The van der Waals surface area contributed by atoms with Crippen LogP contribution in [0.2, 0.25) is 0 Å². The summed E-state index contributed by atoms with van der Waals surface area (Å²) in [6.07, 6.45) is 13.1. The lowest BCUT2D eigenvalue weighted by atomic mass is 10.1. The van der Waals surface area contributed by atoms with Crippen LogP contribution in [0.1, 0.15) is 64.4 Å². The van der Waals surface area contributed by atoms with E-state index in [1.54, 1.807) is 6.08 Å². The first-order chi connectivity index (χ1) is 11.2. The van der Waals surface area contributed by atoms with Crippen molar-refractivity contribution >= 4 is 11.6 Å². The fourth-order valence-corrected chi connectivity index (χ4v) is 2.65. The van der Waals surface area contributed by atoms with Crippen molar-refractivity contribution in [1.29, 1.82) is 0 Å². The number of hydrogen-bond donors (Lipinski definition) is 2. The van der Waals surface area contributed by atoms with E-state index in [2.05, 4.69) is 24.4 Å². The summed E-state index contributed by atoms with van der Waals surface area (Å²) in [7, 11) is 0. The molecule has 3 N–H and O–H groups in total. The van der Waals surface area contributed by atoms with Crippen LogP contribution in [0.5, 0.6) is 0 Å². The normalized spacial score (nSPS) is 15.6. The molecule has 0 unspecified atom stereocenters. The van der Waals surface area contributed by atoms with Gasteiger partial charge in [-0.05, 0) is 49.5 Å². The van der Waals surface area contributed by atoms with Gasteiger partial charge in [-0.3, -0.25) is 4.79 Å². The molecule has 0 heterocycles. The molecule has 0 atom stereocenters. The van der Waals surface area contributed by atoms with Gasteiger partial charge in [0.15, 0.2) is 0 Å². The lowest BCUT2D eigenvalue weighted by Crippen LogP contribution is -2.33. The zero-order valence-corrected chi connectivity index (χ0v) is 14.7. The van der Waals surface area contributed by atoms with Crippen LogP contribution in [0.25, 0.3) is 0 Å². The summed E-state index contributed by atoms with van der Waals surface area (Å²) in [4.78, 5) is 11.4. The van der Waals surface area contributed by atoms with Crippen LogP contribution in [0.3, 0.4) is 0 Å². The summed E-state index contributed by atoms with van der Waals surface area (Å²) in [5, 5.41) is 3.07. The summed E-state index contributed by atoms with van der Waals surface area (Å²) in [6.45, 7) is 4.17. The Bertz CT molecular complexity index is 457. The third-order valence-electron chi connectivity index (χ3n) is 4.09. The highest BCUT2D eigenvalue weighted by Gasteiger charge is 2.12. The van der Waals surface area contributed by atoms with Crippen LogP contribution in [0.4, 0.5) is 5.69 Å². The Morgan fingerprint density at radius 3 is 2.26 bits per heavy atom. The zero-order valence-electron chi connectivity index (χ0n) is 14.7. The molecule has 2 rings (SSSR count). The van der Waals surface area contributed by atoms with Crippen LogP contribution in [-0.2, 0) is 11.2 Å². The van der Waals surface area contributed by atoms with Crippen molar-refractivity contribution in [2.75, 3.05) is 5.73 Å². The number of benzene rings is 1. The maximum Gasteiger partial charge on any atom is 0.243 e. The molecule has 1 aliphatic rings. The molecule has 0 saturated heterocycles. The first-order valence-electron chi connectivity index (χ1n) is 8.97. The minimum absolute atomic E-state index is 0.0822. The number of aryl methyl sites for hydroxylation is 1. The molecule has 0 bridgehead atoms. The number of carbonyl (C=O) groups is 1. The van der Waals surface area contributed by atoms with E-state index < -0.39 is 0 Å². The van der Waals surface area contributed by atoms with Gasteiger partial charge in [-0.2, -0.15) is 0 Å². The molecule has 0 aliphatic heterocycles. The van der Waals surface area contributed by atoms with Crippen molar-refractivity contribution in [3.05, 3.63) is 42.0 Å². The van der Waals surface area contributed by atoms with Crippen molar-refractivity contribution < 1.29 is 4.79 Å². The van der Waals surface area contributed by atoms with E-state index in [1.807, 2.05) is 25.1 Å². The molecule has 1 aromatic carbocycles. The summed E-state index contributed by atoms with van der Waals surface area (Å²) in [5.74, 6) is 0.0822. The van der Waals surface area contributed by atoms with Gasteiger partial charge in [0.2, 0.25) is 5.91 Å². The quantitative estimate of drug-likeness (QED) is 0.483. The molecule has 23 heavy (non-hydrogen) atoms. The minimum Gasteiger partial charge on any atom is -0.399 e. The van der Waals surface area contributed by atoms with Gasteiger partial charge < -0.3 is 11.1 Å². The van der Waals surface area contributed by atoms with Crippen molar-refractivity contribution in [2.45, 2.75) is 71.3 Å². The zero-order chi connectivity index (χ0) is 16.9. The third kappa shape index (κ3) is 9.07. The molecule has 0 spiro atoms. The van der Waals surface area contributed by atoms with Gasteiger partial charge in [0, 0.05) is 11.7 Å². The fourth-order valence-electron chi connectivity index (χ4n) is 2.65. The van der Waals surface area contributed by atoms with Crippen molar-refractivity contribution in [2.24, 2.45) is 0 Å². The van der Waals surface area contributed by atoms with E-state index in [0.717, 1.165) is 31.4 Å². The summed E-state index contributed by atoms with van der Waals surface area (Å²) < 4.78 is 0. The molecule has 1 fully saturated rings. The van der Waals surface area contributed by atoms with Crippen molar-refractivity contribution in [3.8, 4) is 0 Å². The highest BCUT2D eigenvalue weighted by Crippen LogP contribution is 2.17. The van der Waals surface area contributed by atoms with Crippen molar-refractivity contribution in [1.82, 2.24) is 5.32 Å². The standard InChI is InChI=1S/C12H21NO.C8H11N/c1-2-3-10-12(14)13-11-8-6-4-5-7-9-11;1-2-7-3-5-8(9)6-4-7/h3,10-11H,2,4-9H2,1H3,(H,13,14);3-6H,2,9H2,1H3/b10-3+;. The van der Waals surface area contributed by atoms with Crippen LogP contribution >= 0.6 is 0 Å². The summed E-state index contributed by atoms with van der Waals surface area (Å²) >= 11 is 0. The molecular formula is C20H32N2O. The average Bonchev–Trinajstić information content (AvgIpc) is 2.83. The van der Waals surface area contributed by atoms with Gasteiger partial charge in [-0.25, -0.2) is 0 Å². The average molecular weight is 316 g/mol. The summed E-state index contributed by atoms with van der Waals surface area (Å²) in [6, 6.07) is 8.38. The Balaban J connectivity index is 0.000000253. The fraction of sp³-hybridized carbons (Fsp3) is 0.550. The summed E-state index contributed by atoms with van der Waals surface area (Å²) in [5.41, 5.74) is 7.66. The van der Waals surface area contributed by atoms with Crippen LogP contribution in [0.15, 0.2) is 36.4 Å². The maximum absolute atomic E-state index is 11.4. The first-order valence-corrected chi connectivity index (χ1v) is 8.97. The van der Waals surface area contributed by atoms with Gasteiger partial charge in [-0.1, -0.05) is 57.7 Å².